The molecule has 0 radical (unpaired) electrons. The van der Waals surface area contributed by atoms with Crippen LogP contribution in [0.1, 0.15) is 17.0 Å². The van der Waals surface area contributed by atoms with Gasteiger partial charge in [0.2, 0.25) is 0 Å². The number of aryl methyl sites for hydroxylation is 2. The molecule has 0 aliphatic rings. The zero-order chi connectivity index (χ0) is 14.0. The van der Waals surface area contributed by atoms with Gasteiger partial charge in [-0.05, 0) is 44.5 Å². The lowest BCUT2D eigenvalue weighted by molar-refractivity contribution is 0.619. The molecular weight excluding hydrogens is 245 g/mol. The highest BCUT2D eigenvalue weighted by molar-refractivity contribution is 5.64. The Bertz CT molecular complexity index is 612. The smallest absolute Gasteiger partial charge is 0.148 e. The van der Waals surface area contributed by atoms with Crippen LogP contribution in [0.2, 0.25) is 0 Å². The number of rotatable bonds is 3. The van der Waals surface area contributed by atoms with E-state index in [1.165, 1.54) is 6.07 Å². The summed E-state index contributed by atoms with van der Waals surface area (Å²) < 4.78 is 13.2. The SMILES string of the molecule is Cc1nc(NN)c(C)c(Nc2ccc(F)c(C)c2)n1. The van der Waals surface area contributed by atoms with Crippen molar-refractivity contribution < 1.29 is 4.39 Å². The minimum Gasteiger partial charge on any atom is -0.340 e. The minimum atomic E-state index is -0.231. The lowest BCUT2D eigenvalue weighted by atomic mass is 10.2. The molecule has 0 unspecified atom stereocenters. The molecule has 5 nitrogen and oxygen atoms in total. The fraction of sp³-hybridized carbons (Fsp3) is 0.231. The van der Waals surface area contributed by atoms with E-state index in [0.717, 1.165) is 11.3 Å². The van der Waals surface area contributed by atoms with E-state index in [1.807, 2.05) is 6.92 Å². The van der Waals surface area contributed by atoms with Crippen molar-refractivity contribution in [3.63, 3.8) is 0 Å². The lowest BCUT2D eigenvalue weighted by Crippen LogP contribution is -2.13. The van der Waals surface area contributed by atoms with Gasteiger partial charge in [-0.2, -0.15) is 0 Å². The number of nitrogen functional groups attached to an aromatic ring is 1. The lowest BCUT2D eigenvalue weighted by Gasteiger charge is -2.13. The summed E-state index contributed by atoms with van der Waals surface area (Å²) in [7, 11) is 0. The summed E-state index contributed by atoms with van der Waals surface area (Å²) in [4.78, 5) is 8.50. The van der Waals surface area contributed by atoms with Gasteiger partial charge in [-0.1, -0.05) is 0 Å². The number of aromatic nitrogens is 2. The maximum atomic E-state index is 13.2. The Labute approximate surface area is 111 Å². The van der Waals surface area contributed by atoms with Gasteiger partial charge in [-0.3, -0.25) is 0 Å². The summed E-state index contributed by atoms with van der Waals surface area (Å²) >= 11 is 0. The fourth-order valence-corrected chi connectivity index (χ4v) is 1.75. The van der Waals surface area contributed by atoms with Crippen LogP contribution in [0.4, 0.5) is 21.7 Å². The number of nitrogens with two attached hydrogens (primary N) is 1. The van der Waals surface area contributed by atoms with Gasteiger partial charge >= 0.3 is 0 Å². The second-order valence-corrected chi connectivity index (χ2v) is 4.33. The number of nitrogens with one attached hydrogen (secondary N) is 2. The van der Waals surface area contributed by atoms with E-state index in [9.17, 15) is 4.39 Å². The number of anilines is 3. The van der Waals surface area contributed by atoms with Crippen LogP contribution < -0.4 is 16.6 Å². The zero-order valence-electron chi connectivity index (χ0n) is 11.1. The van der Waals surface area contributed by atoms with Gasteiger partial charge in [0.25, 0.3) is 0 Å². The first kappa shape index (κ1) is 13.2. The highest BCUT2D eigenvalue weighted by Crippen LogP contribution is 2.24. The van der Waals surface area contributed by atoms with E-state index >= 15 is 0 Å². The van der Waals surface area contributed by atoms with Gasteiger partial charge in [-0.25, -0.2) is 20.2 Å². The molecule has 4 N–H and O–H groups in total. The van der Waals surface area contributed by atoms with Gasteiger partial charge in [0.15, 0.2) is 0 Å². The van der Waals surface area contributed by atoms with Gasteiger partial charge in [0, 0.05) is 11.3 Å². The van der Waals surface area contributed by atoms with Crippen LogP contribution in [-0.4, -0.2) is 9.97 Å². The molecule has 0 saturated carbocycles. The molecular formula is C13H16FN5. The maximum absolute atomic E-state index is 13.2. The predicted molar refractivity (Wildman–Crippen MR) is 73.7 cm³/mol. The molecule has 0 spiro atoms. The predicted octanol–water partition coefficient (Wildman–Crippen LogP) is 2.57. The van der Waals surface area contributed by atoms with E-state index in [2.05, 4.69) is 20.7 Å². The quantitative estimate of drug-likeness (QED) is 0.585. The second-order valence-electron chi connectivity index (χ2n) is 4.33. The van der Waals surface area contributed by atoms with Crippen LogP contribution in [0, 0.1) is 26.6 Å². The number of hydrazine groups is 1. The summed E-state index contributed by atoms with van der Waals surface area (Å²) in [5.41, 5.74) is 4.67. The van der Waals surface area contributed by atoms with Gasteiger partial charge in [0.05, 0.1) is 0 Å². The Balaban J connectivity index is 2.37. The average Bonchev–Trinajstić information content (AvgIpc) is 2.37. The molecule has 0 fully saturated rings. The Morgan fingerprint density at radius 3 is 2.42 bits per heavy atom. The second kappa shape index (κ2) is 5.19. The van der Waals surface area contributed by atoms with Crippen molar-refractivity contribution in [3.05, 3.63) is 41.0 Å². The van der Waals surface area contributed by atoms with E-state index < -0.39 is 0 Å². The first-order chi connectivity index (χ1) is 9.01. The Hall–Kier alpha value is -2.21. The Morgan fingerprint density at radius 1 is 1.11 bits per heavy atom. The van der Waals surface area contributed by atoms with E-state index in [1.54, 1.807) is 26.0 Å². The minimum absolute atomic E-state index is 0.231. The molecule has 0 bridgehead atoms. The van der Waals surface area contributed by atoms with Crippen molar-refractivity contribution in [2.45, 2.75) is 20.8 Å². The van der Waals surface area contributed by atoms with Crippen molar-refractivity contribution in [1.82, 2.24) is 9.97 Å². The number of benzene rings is 1. The first-order valence-corrected chi connectivity index (χ1v) is 5.86. The third kappa shape index (κ3) is 2.79. The number of hydrogen-bond acceptors (Lipinski definition) is 5. The summed E-state index contributed by atoms with van der Waals surface area (Å²) in [6.07, 6.45) is 0. The van der Waals surface area contributed by atoms with Crippen LogP contribution >= 0.6 is 0 Å². The maximum Gasteiger partial charge on any atom is 0.148 e. The van der Waals surface area contributed by atoms with Crippen molar-refractivity contribution in [2.75, 3.05) is 10.7 Å². The largest absolute Gasteiger partial charge is 0.340 e. The molecule has 0 amide bonds. The molecule has 0 saturated heterocycles. The molecule has 0 aliphatic carbocycles. The van der Waals surface area contributed by atoms with Crippen molar-refractivity contribution in [3.8, 4) is 0 Å². The topological polar surface area (TPSA) is 75.9 Å². The number of hydrogen-bond donors (Lipinski definition) is 3. The zero-order valence-corrected chi connectivity index (χ0v) is 11.1. The van der Waals surface area contributed by atoms with Gasteiger partial charge in [0.1, 0.15) is 23.3 Å². The van der Waals surface area contributed by atoms with E-state index in [4.69, 9.17) is 5.84 Å². The van der Waals surface area contributed by atoms with E-state index in [0.29, 0.717) is 23.0 Å². The summed E-state index contributed by atoms with van der Waals surface area (Å²) in [5, 5.41) is 3.14. The fourth-order valence-electron chi connectivity index (χ4n) is 1.75. The van der Waals surface area contributed by atoms with E-state index in [-0.39, 0.29) is 5.82 Å². The molecule has 1 heterocycles. The van der Waals surface area contributed by atoms with Crippen LogP contribution in [0.15, 0.2) is 18.2 Å². The normalized spacial score (nSPS) is 10.4. The molecule has 2 rings (SSSR count). The van der Waals surface area contributed by atoms with Gasteiger partial charge in [-0.15, -0.1) is 0 Å². The standard InChI is InChI=1S/C13H16FN5/c1-7-6-10(4-5-11(7)14)18-12-8(2)13(19-15)17-9(3)16-12/h4-6H,15H2,1-3H3,(H2,16,17,18,19). The summed E-state index contributed by atoms with van der Waals surface area (Å²) in [6.45, 7) is 5.35. The first-order valence-electron chi connectivity index (χ1n) is 5.86. The van der Waals surface area contributed by atoms with Crippen LogP contribution in [-0.2, 0) is 0 Å². The van der Waals surface area contributed by atoms with Crippen molar-refractivity contribution in [1.29, 1.82) is 0 Å². The van der Waals surface area contributed by atoms with Crippen molar-refractivity contribution in [2.24, 2.45) is 5.84 Å². The molecule has 100 valence electrons. The Kier molecular flexibility index (Phi) is 3.62. The third-order valence-corrected chi connectivity index (χ3v) is 2.82. The average molecular weight is 261 g/mol. The monoisotopic (exact) mass is 261 g/mol. The number of nitrogens with zero attached hydrogens (tertiary/aromatic N) is 2. The molecule has 1 aromatic carbocycles. The molecule has 1 aromatic heterocycles. The highest BCUT2D eigenvalue weighted by atomic mass is 19.1. The summed E-state index contributed by atoms with van der Waals surface area (Å²) in [6, 6.07) is 4.81. The highest BCUT2D eigenvalue weighted by Gasteiger charge is 2.09. The molecule has 19 heavy (non-hydrogen) atoms. The number of halogens is 1. The van der Waals surface area contributed by atoms with Gasteiger partial charge < -0.3 is 10.7 Å². The van der Waals surface area contributed by atoms with Crippen LogP contribution in [0.3, 0.4) is 0 Å². The molecule has 2 aromatic rings. The third-order valence-electron chi connectivity index (χ3n) is 2.82. The molecule has 0 atom stereocenters. The van der Waals surface area contributed by atoms with Crippen LogP contribution in [0.25, 0.3) is 0 Å². The molecule has 0 aliphatic heterocycles. The van der Waals surface area contributed by atoms with Crippen molar-refractivity contribution >= 4 is 17.3 Å². The van der Waals surface area contributed by atoms with Crippen LogP contribution in [0.5, 0.6) is 0 Å². The summed E-state index contributed by atoms with van der Waals surface area (Å²) in [5.74, 6) is 6.98. The molecule has 6 heteroatoms. The Morgan fingerprint density at radius 2 is 1.79 bits per heavy atom.